The molecule has 0 radical (unpaired) electrons. The van der Waals surface area contributed by atoms with E-state index in [1.165, 1.54) is 11.1 Å². The van der Waals surface area contributed by atoms with E-state index in [2.05, 4.69) is 31.2 Å². The molecular formula is C14H20O2S. The minimum Gasteiger partial charge on any atom is -0.396 e. The van der Waals surface area contributed by atoms with Crippen molar-refractivity contribution in [1.82, 2.24) is 0 Å². The second-order valence-corrected chi connectivity index (χ2v) is 5.94. The molecule has 1 aromatic rings. The second-order valence-electron chi connectivity index (χ2n) is 4.46. The van der Waals surface area contributed by atoms with Crippen molar-refractivity contribution >= 4 is 11.8 Å². The molecule has 0 aliphatic carbocycles. The number of aliphatic hydroxyl groups excluding tert-OH is 1. The normalized spacial score (nSPS) is 20.9. The summed E-state index contributed by atoms with van der Waals surface area (Å²) in [6.45, 7) is 3.27. The third-order valence-corrected chi connectivity index (χ3v) is 4.46. The van der Waals surface area contributed by atoms with Crippen LogP contribution in [0.5, 0.6) is 0 Å². The predicted molar refractivity (Wildman–Crippen MR) is 72.5 cm³/mol. The number of rotatable bonds is 5. The topological polar surface area (TPSA) is 29.5 Å². The molecule has 0 fully saturated rings. The molecule has 2 unspecified atom stereocenters. The van der Waals surface area contributed by atoms with Crippen LogP contribution in [-0.2, 0) is 11.2 Å². The number of fused-ring (bicyclic) bond motifs is 1. The molecule has 0 amide bonds. The van der Waals surface area contributed by atoms with Crippen LogP contribution < -0.4 is 0 Å². The first-order chi connectivity index (χ1) is 8.31. The Labute approximate surface area is 107 Å². The first-order valence-corrected chi connectivity index (χ1v) is 7.28. The number of hydrogen-bond donors (Lipinski definition) is 1. The molecule has 1 aliphatic heterocycles. The molecule has 0 bridgehead atoms. The summed E-state index contributed by atoms with van der Waals surface area (Å²) in [5.41, 5.74) is 2.78. The summed E-state index contributed by atoms with van der Waals surface area (Å²) >= 11 is 1.89. The summed E-state index contributed by atoms with van der Waals surface area (Å²) in [5, 5.41) is 9.38. The average Bonchev–Trinajstić information content (AvgIpc) is 2.36. The van der Waals surface area contributed by atoms with Crippen molar-refractivity contribution in [2.24, 2.45) is 0 Å². The zero-order valence-electron chi connectivity index (χ0n) is 10.3. The highest BCUT2D eigenvalue weighted by molar-refractivity contribution is 7.99. The third-order valence-electron chi connectivity index (χ3n) is 3.16. The van der Waals surface area contributed by atoms with E-state index >= 15 is 0 Å². The number of benzene rings is 1. The van der Waals surface area contributed by atoms with Gasteiger partial charge in [-0.1, -0.05) is 31.2 Å². The molecule has 0 aromatic heterocycles. The van der Waals surface area contributed by atoms with Crippen molar-refractivity contribution in [3.05, 3.63) is 35.4 Å². The van der Waals surface area contributed by atoms with Crippen LogP contribution in [0.3, 0.4) is 0 Å². The second kappa shape index (κ2) is 6.43. The van der Waals surface area contributed by atoms with Gasteiger partial charge in [-0.15, -0.1) is 0 Å². The summed E-state index contributed by atoms with van der Waals surface area (Å²) in [5.74, 6) is 0.984. The van der Waals surface area contributed by atoms with Gasteiger partial charge < -0.3 is 9.84 Å². The van der Waals surface area contributed by atoms with Gasteiger partial charge in [-0.25, -0.2) is 0 Å². The summed E-state index contributed by atoms with van der Waals surface area (Å²) in [6.07, 6.45) is 2.12. The monoisotopic (exact) mass is 252 g/mol. The van der Waals surface area contributed by atoms with Crippen molar-refractivity contribution in [2.45, 2.75) is 31.1 Å². The van der Waals surface area contributed by atoms with Crippen LogP contribution in [0.4, 0.5) is 0 Å². The SMILES string of the molecule is CC(CCO)SCC1OCCc2ccccc21. The van der Waals surface area contributed by atoms with Gasteiger partial charge in [0.15, 0.2) is 0 Å². The van der Waals surface area contributed by atoms with Crippen LogP contribution in [0.1, 0.15) is 30.6 Å². The number of ether oxygens (including phenoxy) is 1. The molecule has 17 heavy (non-hydrogen) atoms. The molecule has 0 saturated heterocycles. The molecule has 2 nitrogen and oxygen atoms in total. The van der Waals surface area contributed by atoms with Crippen molar-refractivity contribution in [2.75, 3.05) is 19.0 Å². The van der Waals surface area contributed by atoms with Crippen LogP contribution in [-0.4, -0.2) is 29.3 Å². The number of hydrogen-bond acceptors (Lipinski definition) is 3. The van der Waals surface area contributed by atoms with E-state index in [4.69, 9.17) is 9.84 Å². The zero-order valence-corrected chi connectivity index (χ0v) is 11.1. The van der Waals surface area contributed by atoms with E-state index in [0.717, 1.165) is 25.2 Å². The lowest BCUT2D eigenvalue weighted by atomic mass is 9.99. The maximum absolute atomic E-state index is 8.89. The smallest absolute Gasteiger partial charge is 0.0918 e. The fraction of sp³-hybridized carbons (Fsp3) is 0.571. The highest BCUT2D eigenvalue weighted by atomic mass is 32.2. The van der Waals surface area contributed by atoms with Crippen molar-refractivity contribution in [3.8, 4) is 0 Å². The van der Waals surface area contributed by atoms with E-state index in [1.54, 1.807) is 0 Å². The molecule has 2 atom stereocenters. The summed E-state index contributed by atoms with van der Waals surface area (Å²) in [7, 11) is 0. The van der Waals surface area contributed by atoms with Crippen LogP contribution >= 0.6 is 11.8 Å². The van der Waals surface area contributed by atoms with E-state index in [-0.39, 0.29) is 12.7 Å². The van der Waals surface area contributed by atoms with Crippen LogP contribution in [0.2, 0.25) is 0 Å². The van der Waals surface area contributed by atoms with E-state index in [0.29, 0.717) is 5.25 Å². The standard InChI is InChI=1S/C14H20O2S/c1-11(6-8-15)17-10-14-13-5-3-2-4-12(13)7-9-16-14/h2-5,11,14-15H,6-10H2,1H3. The molecular weight excluding hydrogens is 232 g/mol. The lowest BCUT2D eigenvalue weighted by Gasteiger charge is -2.26. The van der Waals surface area contributed by atoms with Gasteiger partial charge in [0.1, 0.15) is 0 Å². The van der Waals surface area contributed by atoms with Crippen molar-refractivity contribution in [1.29, 1.82) is 0 Å². The molecule has 1 aromatic carbocycles. The zero-order chi connectivity index (χ0) is 12.1. The van der Waals surface area contributed by atoms with E-state index in [1.807, 2.05) is 11.8 Å². The molecule has 94 valence electrons. The molecule has 2 rings (SSSR count). The summed E-state index contributed by atoms with van der Waals surface area (Å²) in [6, 6.07) is 8.56. The third kappa shape index (κ3) is 3.47. The Balaban J connectivity index is 1.94. The Morgan fingerprint density at radius 2 is 2.29 bits per heavy atom. The van der Waals surface area contributed by atoms with Crippen molar-refractivity contribution < 1.29 is 9.84 Å². The molecule has 1 aliphatic rings. The quantitative estimate of drug-likeness (QED) is 0.874. The van der Waals surface area contributed by atoms with Crippen LogP contribution in [0.15, 0.2) is 24.3 Å². The van der Waals surface area contributed by atoms with Crippen molar-refractivity contribution in [3.63, 3.8) is 0 Å². The first kappa shape index (κ1) is 12.9. The van der Waals surface area contributed by atoms with E-state index < -0.39 is 0 Å². The highest BCUT2D eigenvalue weighted by Crippen LogP contribution is 2.31. The number of aliphatic hydroxyl groups is 1. The van der Waals surface area contributed by atoms with Gasteiger partial charge in [0.25, 0.3) is 0 Å². The Bertz CT molecular complexity index is 354. The molecule has 0 saturated carbocycles. The first-order valence-electron chi connectivity index (χ1n) is 6.23. The average molecular weight is 252 g/mol. The summed E-state index contributed by atoms with van der Waals surface area (Å²) < 4.78 is 5.85. The Morgan fingerprint density at radius 3 is 3.12 bits per heavy atom. The lowest BCUT2D eigenvalue weighted by molar-refractivity contribution is 0.0587. The molecule has 1 N–H and O–H groups in total. The minimum absolute atomic E-state index is 0.228. The van der Waals surface area contributed by atoms with Crippen LogP contribution in [0, 0.1) is 0 Å². The van der Waals surface area contributed by atoms with Gasteiger partial charge in [-0.05, 0) is 24.0 Å². The predicted octanol–water partition coefficient (Wildman–Crippen LogP) is 2.80. The molecule has 0 spiro atoms. The van der Waals surface area contributed by atoms with Gasteiger partial charge in [0.05, 0.1) is 12.7 Å². The fourth-order valence-corrected chi connectivity index (χ4v) is 3.18. The van der Waals surface area contributed by atoms with Gasteiger partial charge in [-0.2, -0.15) is 11.8 Å². The maximum atomic E-state index is 8.89. The summed E-state index contributed by atoms with van der Waals surface area (Å²) in [4.78, 5) is 0. The van der Waals surface area contributed by atoms with Gasteiger partial charge in [0, 0.05) is 17.6 Å². The molecule has 3 heteroatoms. The Hall–Kier alpha value is -0.510. The molecule has 1 heterocycles. The number of thioether (sulfide) groups is 1. The van der Waals surface area contributed by atoms with E-state index in [9.17, 15) is 0 Å². The van der Waals surface area contributed by atoms with Gasteiger partial charge in [-0.3, -0.25) is 0 Å². The maximum Gasteiger partial charge on any atom is 0.0918 e. The van der Waals surface area contributed by atoms with Crippen LogP contribution in [0.25, 0.3) is 0 Å². The lowest BCUT2D eigenvalue weighted by Crippen LogP contribution is -2.19. The largest absolute Gasteiger partial charge is 0.396 e. The fourth-order valence-electron chi connectivity index (χ4n) is 2.13. The highest BCUT2D eigenvalue weighted by Gasteiger charge is 2.20. The van der Waals surface area contributed by atoms with Gasteiger partial charge in [0.2, 0.25) is 0 Å². The minimum atomic E-state index is 0.228. The Morgan fingerprint density at radius 1 is 1.47 bits per heavy atom. The van der Waals surface area contributed by atoms with Gasteiger partial charge >= 0.3 is 0 Å². The Kier molecular flexibility index (Phi) is 4.89.